The molecular weight excluding hydrogens is 283 g/mol. The Labute approximate surface area is 111 Å². The second kappa shape index (κ2) is 5.46. The SMILES string of the molecule is CN(C)C(C)(C)C(N)Cc1cc(Br)ccc1F. The fourth-order valence-corrected chi connectivity index (χ4v) is 1.93. The Morgan fingerprint density at radius 2 is 2.00 bits per heavy atom. The van der Waals surface area contributed by atoms with Gasteiger partial charge in [-0.3, -0.25) is 0 Å². The quantitative estimate of drug-likeness (QED) is 0.927. The molecule has 2 N–H and O–H groups in total. The third kappa shape index (κ3) is 3.50. The zero-order valence-corrected chi connectivity index (χ0v) is 12.4. The van der Waals surface area contributed by atoms with Crippen LogP contribution in [0.5, 0.6) is 0 Å². The third-order valence-corrected chi connectivity index (χ3v) is 4.00. The van der Waals surface area contributed by atoms with Crippen LogP contribution in [-0.4, -0.2) is 30.6 Å². The number of hydrogen-bond acceptors (Lipinski definition) is 2. The summed E-state index contributed by atoms with van der Waals surface area (Å²) in [7, 11) is 3.97. The summed E-state index contributed by atoms with van der Waals surface area (Å²) in [5, 5.41) is 0. The van der Waals surface area contributed by atoms with Crippen molar-refractivity contribution in [2.75, 3.05) is 14.1 Å². The molecule has 96 valence electrons. The van der Waals surface area contributed by atoms with Gasteiger partial charge in [0.25, 0.3) is 0 Å². The highest BCUT2D eigenvalue weighted by atomic mass is 79.9. The fourth-order valence-electron chi connectivity index (χ4n) is 1.52. The maximum Gasteiger partial charge on any atom is 0.126 e. The van der Waals surface area contributed by atoms with Crippen LogP contribution in [0.3, 0.4) is 0 Å². The van der Waals surface area contributed by atoms with Crippen molar-refractivity contribution >= 4 is 15.9 Å². The van der Waals surface area contributed by atoms with E-state index in [-0.39, 0.29) is 17.4 Å². The van der Waals surface area contributed by atoms with Crippen LogP contribution in [0, 0.1) is 5.82 Å². The molecule has 17 heavy (non-hydrogen) atoms. The molecule has 0 amide bonds. The van der Waals surface area contributed by atoms with Crippen LogP contribution in [0.15, 0.2) is 22.7 Å². The largest absolute Gasteiger partial charge is 0.326 e. The Kier molecular flexibility index (Phi) is 4.69. The summed E-state index contributed by atoms with van der Waals surface area (Å²) in [4.78, 5) is 2.06. The van der Waals surface area contributed by atoms with Gasteiger partial charge in [-0.05, 0) is 58.1 Å². The van der Waals surface area contributed by atoms with Crippen molar-refractivity contribution in [3.8, 4) is 0 Å². The van der Waals surface area contributed by atoms with Gasteiger partial charge in [0.2, 0.25) is 0 Å². The van der Waals surface area contributed by atoms with Crippen molar-refractivity contribution < 1.29 is 4.39 Å². The summed E-state index contributed by atoms with van der Waals surface area (Å²) in [5.41, 5.74) is 6.66. The highest BCUT2D eigenvalue weighted by molar-refractivity contribution is 9.10. The molecule has 0 aliphatic carbocycles. The highest BCUT2D eigenvalue weighted by Gasteiger charge is 2.29. The molecule has 1 aromatic rings. The molecule has 2 nitrogen and oxygen atoms in total. The van der Waals surface area contributed by atoms with Crippen LogP contribution >= 0.6 is 15.9 Å². The minimum Gasteiger partial charge on any atom is -0.326 e. The number of likely N-dealkylation sites (N-methyl/N-ethyl adjacent to an activating group) is 1. The Morgan fingerprint density at radius 3 is 2.53 bits per heavy atom. The van der Waals surface area contributed by atoms with Gasteiger partial charge in [-0.2, -0.15) is 0 Å². The predicted molar refractivity (Wildman–Crippen MR) is 73.5 cm³/mol. The number of nitrogens with two attached hydrogens (primary N) is 1. The Hall–Kier alpha value is -0.450. The van der Waals surface area contributed by atoms with E-state index in [1.54, 1.807) is 12.1 Å². The van der Waals surface area contributed by atoms with Gasteiger partial charge in [-0.15, -0.1) is 0 Å². The molecular formula is C13H20BrFN2. The first kappa shape index (κ1) is 14.6. The van der Waals surface area contributed by atoms with Crippen molar-refractivity contribution in [3.63, 3.8) is 0 Å². The molecule has 0 heterocycles. The standard InChI is InChI=1S/C13H20BrFN2/c1-13(2,17(3)4)12(16)8-9-7-10(14)5-6-11(9)15/h5-7,12H,8,16H2,1-4H3. The second-order valence-electron chi connectivity index (χ2n) is 5.09. The van der Waals surface area contributed by atoms with Gasteiger partial charge in [0.1, 0.15) is 5.82 Å². The minimum atomic E-state index is -0.196. The summed E-state index contributed by atoms with van der Waals surface area (Å²) in [6.45, 7) is 4.13. The molecule has 0 saturated carbocycles. The maximum atomic E-state index is 13.6. The lowest BCUT2D eigenvalue weighted by atomic mass is 9.89. The van der Waals surface area contributed by atoms with Crippen LogP contribution in [-0.2, 0) is 6.42 Å². The molecule has 0 spiro atoms. The maximum absolute atomic E-state index is 13.6. The molecule has 1 rings (SSSR count). The smallest absolute Gasteiger partial charge is 0.126 e. The van der Waals surface area contributed by atoms with Crippen LogP contribution in [0.1, 0.15) is 19.4 Å². The lowest BCUT2D eigenvalue weighted by Crippen LogP contribution is -2.54. The van der Waals surface area contributed by atoms with Crippen molar-refractivity contribution in [1.82, 2.24) is 4.90 Å². The molecule has 0 aliphatic heterocycles. The summed E-state index contributed by atoms with van der Waals surface area (Å²) in [6, 6.07) is 4.83. The Balaban J connectivity index is 2.88. The topological polar surface area (TPSA) is 29.3 Å². The fraction of sp³-hybridized carbons (Fsp3) is 0.538. The molecule has 4 heteroatoms. The van der Waals surface area contributed by atoms with E-state index in [2.05, 4.69) is 34.7 Å². The third-order valence-electron chi connectivity index (χ3n) is 3.51. The van der Waals surface area contributed by atoms with Crippen LogP contribution in [0.4, 0.5) is 4.39 Å². The van der Waals surface area contributed by atoms with E-state index >= 15 is 0 Å². The predicted octanol–water partition coefficient (Wildman–Crippen LogP) is 2.80. The first-order valence-corrected chi connectivity index (χ1v) is 6.41. The monoisotopic (exact) mass is 302 g/mol. The summed E-state index contributed by atoms with van der Waals surface area (Å²) in [6.07, 6.45) is 0.524. The molecule has 0 aromatic heterocycles. The first-order valence-electron chi connectivity index (χ1n) is 5.62. The molecule has 0 saturated heterocycles. The lowest BCUT2D eigenvalue weighted by molar-refractivity contribution is 0.157. The van der Waals surface area contributed by atoms with E-state index < -0.39 is 0 Å². The van der Waals surface area contributed by atoms with E-state index in [1.165, 1.54) is 6.07 Å². The van der Waals surface area contributed by atoms with Crippen molar-refractivity contribution in [1.29, 1.82) is 0 Å². The van der Waals surface area contributed by atoms with Crippen LogP contribution in [0.2, 0.25) is 0 Å². The molecule has 1 aromatic carbocycles. The zero-order chi connectivity index (χ0) is 13.2. The molecule has 0 radical (unpaired) electrons. The van der Waals surface area contributed by atoms with E-state index in [1.807, 2.05) is 14.1 Å². The normalized spacial score (nSPS) is 14.1. The minimum absolute atomic E-state index is 0.124. The van der Waals surface area contributed by atoms with Crippen molar-refractivity contribution in [3.05, 3.63) is 34.1 Å². The summed E-state index contributed by atoms with van der Waals surface area (Å²) in [5.74, 6) is -0.196. The number of nitrogens with zero attached hydrogens (tertiary/aromatic N) is 1. The van der Waals surface area contributed by atoms with Gasteiger partial charge in [0, 0.05) is 16.1 Å². The Morgan fingerprint density at radius 1 is 1.41 bits per heavy atom. The summed E-state index contributed by atoms with van der Waals surface area (Å²) >= 11 is 3.35. The number of hydrogen-bond donors (Lipinski definition) is 1. The van der Waals surface area contributed by atoms with E-state index in [4.69, 9.17) is 5.73 Å². The van der Waals surface area contributed by atoms with Crippen LogP contribution in [0.25, 0.3) is 0 Å². The Bertz CT molecular complexity index is 391. The van der Waals surface area contributed by atoms with E-state index in [0.717, 1.165) is 4.47 Å². The first-order chi connectivity index (χ1) is 7.75. The van der Waals surface area contributed by atoms with Gasteiger partial charge in [0.15, 0.2) is 0 Å². The van der Waals surface area contributed by atoms with Gasteiger partial charge >= 0.3 is 0 Å². The lowest BCUT2D eigenvalue weighted by Gasteiger charge is -2.38. The number of halogens is 2. The van der Waals surface area contributed by atoms with Crippen molar-refractivity contribution in [2.24, 2.45) is 5.73 Å². The average Bonchev–Trinajstić information content (AvgIpc) is 2.23. The van der Waals surface area contributed by atoms with E-state index in [0.29, 0.717) is 12.0 Å². The molecule has 0 bridgehead atoms. The number of benzene rings is 1. The molecule has 0 fully saturated rings. The van der Waals surface area contributed by atoms with Gasteiger partial charge in [0.05, 0.1) is 0 Å². The molecule has 0 aliphatic rings. The highest BCUT2D eigenvalue weighted by Crippen LogP contribution is 2.21. The molecule has 1 unspecified atom stereocenters. The zero-order valence-electron chi connectivity index (χ0n) is 10.8. The average molecular weight is 303 g/mol. The van der Waals surface area contributed by atoms with Crippen LogP contribution < -0.4 is 5.73 Å². The van der Waals surface area contributed by atoms with Gasteiger partial charge in [-0.25, -0.2) is 4.39 Å². The summed E-state index contributed by atoms with van der Waals surface area (Å²) < 4.78 is 14.5. The number of rotatable bonds is 4. The van der Waals surface area contributed by atoms with Gasteiger partial charge in [-0.1, -0.05) is 15.9 Å². The second-order valence-corrected chi connectivity index (χ2v) is 6.01. The van der Waals surface area contributed by atoms with Crippen molar-refractivity contribution in [2.45, 2.75) is 31.8 Å². The molecule has 1 atom stereocenters. The van der Waals surface area contributed by atoms with E-state index in [9.17, 15) is 4.39 Å². The van der Waals surface area contributed by atoms with Gasteiger partial charge < -0.3 is 10.6 Å².